The fourth-order valence-corrected chi connectivity index (χ4v) is 2.78. The molecule has 0 aliphatic rings. The Labute approximate surface area is 172 Å². The number of nitro benzene ring substituents is 1. The SMILES string of the molecule is O=C(NCC(=O)N(Cc1ccncc1)Cc1cccnc1)c1cccc([N+](=O)[O-])c1. The smallest absolute Gasteiger partial charge is 0.270 e. The van der Waals surface area contributed by atoms with E-state index in [1.54, 1.807) is 35.8 Å². The van der Waals surface area contributed by atoms with Crippen LogP contribution in [0.5, 0.6) is 0 Å². The Bertz CT molecular complexity index is 986. The molecular formula is C21H19N5O4. The molecule has 1 aromatic carbocycles. The van der Waals surface area contributed by atoms with Gasteiger partial charge in [-0.1, -0.05) is 12.1 Å². The van der Waals surface area contributed by atoms with E-state index in [1.165, 1.54) is 24.3 Å². The molecule has 30 heavy (non-hydrogen) atoms. The Kier molecular flexibility index (Phi) is 6.78. The minimum absolute atomic E-state index is 0.116. The molecule has 2 aromatic heterocycles. The van der Waals surface area contributed by atoms with E-state index in [0.29, 0.717) is 13.1 Å². The molecular weight excluding hydrogens is 386 g/mol. The number of nitro groups is 1. The third-order valence-electron chi connectivity index (χ3n) is 4.29. The first kappa shape index (κ1) is 20.6. The quantitative estimate of drug-likeness (QED) is 0.454. The van der Waals surface area contributed by atoms with E-state index in [0.717, 1.165) is 11.1 Å². The summed E-state index contributed by atoms with van der Waals surface area (Å²) in [5.41, 5.74) is 1.67. The number of carbonyl (C=O) groups is 2. The van der Waals surface area contributed by atoms with Crippen molar-refractivity contribution < 1.29 is 14.5 Å². The number of nitrogens with zero attached hydrogens (tertiary/aromatic N) is 4. The molecule has 0 saturated carbocycles. The first-order valence-corrected chi connectivity index (χ1v) is 9.11. The van der Waals surface area contributed by atoms with E-state index in [4.69, 9.17) is 0 Å². The van der Waals surface area contributed by atoms with Crippen LogP contribution in [-0.4, -0.2) is 38.2 Å². The Morgan fingerprint density at radius 2 is 1.73 bits per heavy atom. The molecule has 0 bridgehead atoms. The van der Waals surface area contributed by atoms with Gasteiger partial charge >= 0.3 is 0 Å². The zero-order chi connectivity index (χ0) is 21.3. The lowest BCUT2D eigenvalue weighted by molar-refractivity contribution is -0.384. The van der Waals surface area contributed by atoms with Gasteiger partial charge in [-0.2, -0.15) is 0 Å². The molecule has 0 aliphatic heterocycles. The summed E-state index contributed by atoms with van der Waals surface area (Å²) in [5.74, 6) is -0.855. The van der Waals surface area contributed by atoms with Crippen molar-refractivity contribution in [1.82, 2.24) is 20.2 Å². The van der Waals surface area contributed by atoms with Crippen molar-refractivity contribution in [2.75, 3.05) is 6.54 Å². The van der Waals surface area contributed by atoms with Crippen LogP contribution in [0.15, 0.2) is 73.3 Å². The van der Waals surface area contributed by atoms with Crippen molar-refractivity contribution >= 4 is 17.5 Å². The van der Waals surface area contributed by atoms with E-state index in [2.05, 4.69) is 15.3 Å². The predicted molar refractivity (Wildman–Crippen MR) is 108 cm³/mol. The summed E-state index contributed by atoms with van der Waals surface area (Å²) >= 11 is 0. The van der Waals surface area contributed by atoms with Crippen molar-refractivity contribution in [1.29, 1.82) is 0 Å². The van der Waals surface area contributed by atoms with Gasteiger partial charge in [0.2, 0.25) is 5.91 Å². The Morgan fingerprint density at radius 3 is 2.43 bits per heavy atom. The largest absolute Gasteiger partial charge is 0.343 e. The van der Waals surface area contributed by atoms with Crippen LogP contribution in [0.25, 0.3) is 0 Å². The molecule has 9 heteroatoms. The van der Waals surface area contributed by atoms with Gasteiger partial charge in [-0.05, 0) is 35.4 Å². The molecule has 1 N–H and O–H groups in total. The Morgan fingerprint density at radius 1 is 0.967 bits per heavy atom. The standard InChI is InChI=1S/C21H19N5O4/c27-20(13-24-21(28)18-4-1-5-19(11-18)26(29)30)25(14-16-6-9-22-10-7-16)15-17-3-2-8-23-12-17/h1-12H,13-15H2,(H,24,28). The lowest BCUT2D eigenvalue weighted by atomic mass is 10.2. The molecule has 0 radical (unpaired) electrons. The van der Waals surface area contributed by atoms with Crippen molar-refractivity contribution in [3.8, 4) is 0 Å². The highest BCUT2D eigenvalue weighted by Gasteiger charge is 2.17. The van der Waals surface area contributed by atoms with E-state index in [1.807, 2.05) is 18.2 Å². The second-order valence-corrected chi connectivity index (χ2v) is 6.46. The highest BCUT2D eigenvalue weighted by molar-refractivity contribution is 5.96. The van der Waals surface area contributed by atoms with Crippen LogP contribution in [0.1, 0.15) is 21.5 Å². The summed E-state index contributed by atoms with van der Waals surface area (Å²) in [5, 5.41) is 13.4. The second kappa shape index (κ2) is 9.87. The van der Waals surface area contributed by atoms with Crippen LogP contribution >= 0.6 is 0 Å². The molecule has 3 aromatic rings. The number of hydrogen-bond acceptors (Lipinski definition) is 6. The zero-order valence-corrected chi connectivity index (χ0v) is 16.0. The van der Waals surface area contributed by atoms with Crippen LogP contribution in [0.4, 0.5) is 5.69 Å². The molecule has 0 spiro atoms. The lowest BCUT2D eigenvalue weighted by Crippen LogP contribution is -2.39. The number of carbonyl (C=O) groups excluding carboxylic acids is 2. The molecule has 0 aliphatic carbocycles. The van der Waals surface area contributed by atoms with Gasteiger partial charge in [0.05, 0.1) is 11.5 Å². The minimum atomic E-state index is -0.577. The molecule has 152 valence electrons. The van der Waals surface area contributed by atoms with E-state index < -0.39 is 10.8 Å². The van der Waals surface area contributed by atoms with Crippen LogP contribution in [0, 0.1) is 10.1 Å². The number of non-ortho nitro benzene ring substituents is 1. The van der Waals surface area contributed by atoms with E-state index in [-0.39, 0.29) is 23.7 Å². The van der Waals surface area contributed by atoms with Gasteiger partial charge in [0.1, 0.15) is 0 Å². The average molecular weight is 405 g/mol. The third kappa shape index (κ3) is 5.68. The van der Waals surface area contributed by atoms with Crippen molar-refractivity contribution in [3.05, 3.63) is 100 Å². The number of amides is 2. The van der Waals surface area contributed by atoms with Gasteiger partial charge in [-0.25, -0.2) is 0 Å². The summed E-state index contributed by atoms with van der Waals surface area (Å²) in [6.07, 6.45) is 6.62. The maximum atomic E-state index is 12.8. The number of rotatable bonds is 8. The van der Waals surface area contributed by atoms with Gasteiger partial charge in [0, 0.05) is 55.6 Å². The first-order chi connectivity index (χ1) is 14.5. The van der Waals surface area contributed by atoms with Crippen molar-refractivity contribution in [2.24, 2.45) is 0 Å². The number of pyridine rings is 2. The maximum absolute atomic E-state index is 12.8. The Hall–Kier alpha value is -4.14. The minimum Gasteiger partial charge on any atom is -0.343 e. The second-order valence-electron chi connectivity index (χ2n) is 6.46. The fraction of sp³-hybridized carbons (Fsp3) is 0.143. The van der Waals surface area contributed by atoms with Crippen LogP contribution < -0.4 is 5.32 Å². The highest BCUT2D eigenvalue weighted by atomic mass is 16.6. The van der Waals surface area contributed by atoms with Gasteiger partial charge < -0.3 is 10.2 Å². The topological polar surface area (TPSA) is 118 Å². The van der Waals surface area contributed by atoms with Crippen LogP contribution in [-0.2, 0) is 17.9 Å². The summed E-state index contributed by atoms with van der Waals surface area (Å²) in [6, 6.07) is 12.6. The average Bonchev–Trinajstić information content (AvgIpc) is 2.78. The molecule has 0 atom stereocenters. The number of nitrogens with one attached hydrogen (secondary N) is 1. The van der Waals surface area contributed by atoms with Crippen molar-refractivity contribution in [3.63, 3.8) is 0 Å². The van der Waals surface area contributed by atoms with E-state index in [9.17, 15) is 19.7 Å². The van der Waals surface area contributed by atoms with Crippen LogP contribution in [0.3, 0.4) is 0 Å². The van der Waals surface area contributed by atoms with Crippen molar-refractivity contribution in [2.45, 2.75) is 13.1 Å². The first-order valence-electron chi connectivity index (χ1n) is 9.11. The highest BCUT2D eigenvalue weighted by Crippen LogP contribution is 2.13. The molecule has 2 amide bonds. The zero-order valence-electron chi connectivity index (χ0n) is 16.0. The normalized spacial score (nSPS) is 10.3. The molecule has 0 saturated heterocycles. The molecule has 9 nitrogen and oxygen atoms in total. The monoisotopic (exact) mass is 405 g/mol. The number of benzene rings is 1. The summed E-state index contributed by atoms with van der Waals surface area (Å²) in [6.45, 7) is 0.414. The van der Waals surface area contributed by atoms with Gasteiger partial charge in [0.25, 0.3) is 11.6 Å². The molecule has 3 rings (SSSR count). The molecule has 2 heterocycles. The van der Waals surface area contributed by atoms with Gasteiger partial charge in [0.15, 0.2) is 0 Å². The summed E-state index contributed by atoms with van der Waals surface area (Å²) in [4.78, 5) is 45.1. The van der Waals surface area contributed by atoms with Gasteiger partial charge in [-0.15, -0.1) is 0 Å². The summed E-state index contributed by atoms with van der Waals surface area (Å²) < 4.78 is 0. The molecule has 0 unspecified atom stereocenters. The van der Waals surface area contributed by atoms with E-state index >= 15 is 0 Å². The number of hydrogen-bond donors (Lipinski definition) is 1. The fourth-order valence-electron chi connectivity index (χ4n) is 2.78. The van der Waals surface area contributed by atoms with Crippen LogP contribution in [0.2, 0.25) is 0 Å². The number of aromatic nitrogens is 2. The lowest BCUT2D eigenvalue weighted by Gasteiger charge is -2.23. The van der Waals surface area contributed by atoms with Gasteiger partial charge in [-0.3, -0.25) is 29.7 Å². The molecule has 0 fully saturated rings. The summed E-state index contributed by atoms with van der Waals surface area (Å²) in [7, 11) is 0. The predicted octanol–water partition coefficient (Wildman–Crippen LogP) is 2.34. The third-order valence-corrected chi connectivity index (χ3v) is 4.29. The Balaban J connectivity index is 1.68. The maximum Gasteiger partial charge on any atom is 0.270 e.